The fourth-order valence-electron chi connectivity index (χ4n) is 1.08. The molecule has 0 spiro atoms. The number of hydroxylamine groups is 2. The van der Waals surface area contributed by atoms with Crippen molar-refractivity contribution in [1.29, 1.82) is 0 Å². The van der Waals surface area contributed by atoms with Crippen molar-refractivity contribution in [2.45, 2.75) is 19.1 Å². The van der Waals surface area contributed by atoms with Crippen molar-refractivity contribution in [3.05, 3.63) is 0 Å². The number of imide groups is 1. The Hall–Kier alpha value is -1.47. The Morgan fingerprint density at radius 2 is 1.67 bits per heavy atom. The number of rotatable bonds is 4. The lowest BCUT2D eigenvalue weighted by molar-refractivity contribution is -0.220. The molecule has 1 aliphatic rings. The molecule has 0 aromatic rings. The summed E-state index contributed by atoms with van der Waals surface area (Å²) in [6.07, 6.45) is -1.14. The summed E-state index contributed by atoms with van der Waals surface area (Å²) in [5, 5.41) is 0.438. The fraction of sp³-hybridized carbons (Fsp3) is 0.625. The van der Waals surface area contributed by atoms with Crippen molar-refractivity contribution < 1.29 is 28.7 Å². The molecule has 0 saturated carbocycles. The summed E-state index contributed by atoms with van der Waals surface area (Å²) in [5.74, 6) is -2.03. The van der Waals surface area contributed by atoms with E-state index in [0.717, 1.165) is 0 Å². The van der Waals surface area contributed by atoms with E-state index in [-0.39, 0.29) is 12.8 Å². The van der Waals surface area contributed by atoms with E-state index in [0.29, 0.717) is 5.06 Å². The molecule has 0 aromatic carbocycles. The minimum absolute atomic E-state index is 0.0523. The monoisotopic (exact) mass is 217 g/mol. The standard InChI is InChI=1S/C8H11NO6/c1-13-8(14-2)7(12)15-9-5(10)3-4-6(9)11/h8H,3-4H2,1-2H3. The third kappa shape index (κ3) is 2.51. The zero-order valence-electron chi connectivity index (χ0n) is 8.39. The molecule has 0 atom stereocenters. The number of carbonyl (C=O) groups is 3. The van der Waals surface area contributed by atoms with Gasteiger partial charge >= 0.3 is 5.97 Å². The van der Waals surface area contributed by atoms with Gasteiger partial charge in [0.2, 0.25) is 0 Å². The number of hydrogen-bond acceptors (Lipinski definition) is 6. The molecule has 1 fully saturated rings. The van der Waals surface area contributed by atoms with Gasteiger partial charge in [0.15, 0.2) is 0 Å². The molecule has 0 aliphatic carbocycles. The number of amides is 2. The predicted molar refractivity (Wildman–Crippen MR) is 45.0 cm³/mol. The molecule has 2 amide bonds. The molecule has 1 heterocycles. The van der Waals surface area contributed by atoms with Crippen molar-refractivity contribution in [2.75, 3.05) is 14.2 Å². The van der Waals surface area contributed by atoms with E-state index in [4.69, 9.17) is 0 Å². The summed E-state index contributed by atoms with van der Waals surface area (Å²) in [6.45, 7) is 0. The largest absolute Gasteiger partial charge is 0.388 e. The van der Waals surface area contributed by atoms with Crippen LogP contribution in [0.3, 0.4) is 0 Å². The lowest BCUT2D eigenvalue weighted by Crippen LogP contribution is -2.37. The quantitative estimate of drug-likeness (QED) is 0.453. The second kappa shape index (κ2) is 4.85. The van der Waals surface area contributed by atoms with Crippen LogP contribution < -0.4 is 0 Å². The van der Waals surface area contributed by atoms with Crippen molar-refractivity contribution in [3.8, 4) is 0 Å². The second-order valence-corrected chi connectivity index (χ2v) is 2.80. The lowest BCUT2D eigenvalue weighted by atomic mass is 10.4. The minimum atomic E-state index is -1.24. The van der Waals surface area contributed by atoms with Crippen LogP contribution in [0.15, 0.2) is 0 Å². The van der Waals surface area contributed by atoms with E-state index in [9.17, 15) is 14.4 Å². The van der Waals surface area contributed by atoms with E-state index >= 15 is 0 Å². The van der Waals surface area contributed by atoms with Crippen LogP contribution in [-0.2, 0) is 28.7 Å². The van der Waals surface area contributed by atoms with Gasteiger partial charge in [0, 0.05) is 27.1 Å². The summed E-state index contributed by atoms with van der Waals surface area (Å²) in [4.78, 5) is 37.9. The molecule has 1 aliphatic heterocycles. The molecule has 15 heavy (non-hydrogen) atoms. The zero-order chi connectivity index (χ0) is 11.4. The summed E-state index contributed by atoms with van der Waals surface area (Å²) < 4.78 is 9.19. The first-order chi connectivity index (χ1) is 7.10. The van der Waals surface area contributed by atoms with Crippen molar-refractivity contribution in [1.82, 2.24) is 5.06 Å². The van der Waals surface area contributed by atoms with Gasteiger partial charge in [-0.1, -0.05) is 0 Å². The Balaban J connectivity index is 2.57. The van der Waals surface area contributed by atoms with Crippen LogP contribution in [0, 0.1) is 0 Å². The van der Waals surface area contributed by atoms with Gasteiger partial charge in [-0.2, -0.15) is 0 Å². The highest BCUT2D eigenvalue weighted by Gasteiger charge is 2.34. The third-order valence-electron chi connectivity index (χ3n) is 1.81. The number of methoxy groups -OCH3 is 2. The van der Waals surface area contributed by atoms with Gasteiger partial charge in [-0.25, -0.2) is 4.79 Å². The van der Waals surface area contributed by atoms with E-state index < -0.39 is 24.1 Å². The minimum Gasteiger partial charge on any atom is -0.347 e. The molecular formula is C8H11NO6. The van der Waals surface area contributed by atoms with Crippen LogP contribution in [0.2, 0.25) is 0 Å². The average Bonchev–Trinajstić information content (AvgIpc) is 2.51. The number of nitrogens with zero attached hydrogens (tertiary/aromatic N) is 1. The second-order valence-electron chi connectivity index (χ2n) is 2.80. The highest BCUT2D eigenvalue weighted by atomic mass is 16.8. The van der Waals surface area contributed by atoms with Crippen molar-refractivity contribution >= 4 is 17.8 Å². The summed E-state index contributed by atoms with van der Waals surface area (Å²) in [5.41, 5.74) is 0. The highest BCUT2D eigenvalue weighted by molar-refractivity contribution is 6.01. The van der Waals surface area contributed by atoms with E-state index in [1.165, 1.54) is 14.2 Å². The third-order valence-corrected chi connectivity index (χ3v) is 1.81. The Bertz CT molecular complexity index is 269. The first-order valence-corrected chi connectivity index (χ1v) is 4.23. The Morgan fingerprint density at radius 3 is 2.07 bits per heavy atom. The normalized spacial score (nSPS) is 16.3. The molecule has 0 unspecified atom stereocenters. The van der Waals surface area contributed by atoms with Gasteiger partial charge in [-0.15, -0.1) is 5.06 Å². The Morgan fingerprint density at radius 1 is 1.20 bits per heavy atom. The highest BCUT2D eigenvalue weighted by Crippen LogP contribution is 2.13. The molecule has 0 bridgehead atoms. The number of carbonyl (C=O) groups excluding carboxylic acids is 3. The maximum atomic E-state index is 11.2. The lowest BCUT2D eigenvalue weighted by Gasteiger charge is -2.16. The molecule has 1 saturated heterocycles. The first kappa shape index (κ1) is 11.6. The Labute approximate surface area is 85.8 Å². The molecule has 0 aromatic heterocycles. The number of ether oxygens (including phenoxy) is 2. The molecule has 84 valence electrons. The molecule has 0 radical (unpaired) electrons. The average molecular weight is 217 g/mol. The fourth-order valence-corrected chi connectivity index (χ4v) is 1.08. The van der Waals surface area contributed by atoms with Gasteiger partial charge in [0.1, 0.15) is 0 Å². The van der Waals surface area contributed by atoms with Crippen LogP contribution in [0.25, 0.3) is 0 Å². The van der Waals surface area contributed by atoms with Crippen LogP contribution in [0.1, 0.15) is 12.8 Å². The van der Waals surface area contributed by atoms with Gasteiger partial charge in [0.05, 0.1) is 0 Å². The summed E-state index contributed by atoms with van der Waals surface area (Å²) >= 11 is 0. The van der Waals surface area contributed by atoms with Crippen LogP contribution in [0.4, 0.5) is 0 Å². The molecule has 0 N–H and O–H groups in total. The van der Waals surface area contributed by atoms with Crippen LogP contribution in [0.5, 0.6) is 0 Å². The number of hydrogen-bond donors (Lipinski definition) is 0. The smallest absolute Gasteiger partial charge is 0.347 e. The van der Waals surface area contributed by atoms with Gasteiger partial charge in [-0.3, -0.25) is 9.59 Å². The topological polar surface area (TPSA) is 82.1 Å². The summed E-state index contributed by atoms with van der Waals surface area (Å²) in [7, 11) is 2.48. The predicted octanol–water partition coefficient (Wildman–Crippen LogP) is -0.788. The van der Waals surface area contributed by atoms with Gasteiger partial charge in [-0.05, 0) is 0 Å². The van der Waals surface area contributed by atoms with Crippen LogP contribution >= 0.6 is 0 Å². The van der Waals surface area contributed by atoms with Crippen molar-refractivity contribution in [2.24, 2.45) is 0 Å². The maximum absolute atomic E-state index is 11.2. The maximum Gasteiger partial charge on any atom is 0.388 e. The van der Waals surface area contributed by atoms with Crippen molar-refractivity contribution in [3.63, 3.8) is 0 Å². The molecular weight excluding hydrogens is 206 g/mol. The Kier molecular flexibility index (Phi) is 3.75. The molecule has 1 rings (SSSR count). The first-order valence-electron chi connectivity index (χ1n) is 4.23. The van der Waals surface area contributed by atoms with E-state index in [1.54, 1.807) is 0 Å². The zero-order valence-corrected chi connectivity index (χ0v) is 8.39. The van der Waals surface area contributed by atoms with Crippen LogP contribution in [-0.4, -0.2) is 43.4 Å². The van der Waals surface area contributed by atoms with E-state index in [2.05, 4.69) is 14.3 Å². The molecule has 7 heteroatoms. The van der Waals surface area contributed by atoms with Gasteiger partial charge < -0.3 is 14.3 Å². The SMILES string of the molecule is COC(OC)C(=O)ON1C(=O)CCC1=O. The van der Waals surface area contributed by atoms with Gasteiger partial charge in [0.25, 0.3) is 18.1 Å². The van der Waals surface area contributed by atoms with E-state index in [1.807, 2.05) is 0 Å². The molecule has 7 nitrogen and oxygen atoms in total. The summed E-state index contributed by atoms with van der Waals surface area (Å²) in [6, 6.07) is 0.